The van der Waals surface area contributed by atoms with Crippen LogP contribution in [0.1, 0.15) is 0 Å². The first-order chi connectivity index (χ1) is 9.83. The molecule has 0 bridgehead atoms. The van der Waals surface area contributed by atoms with E-state index in [1.54, 1.807) is 11.3 Å². The van der Waals surface area contributed by atoms with Crippen molar-refractivity contribution in [1.82, 2.24) is 0 Å². The van der Waals surface area contributed by atoms with Crippen LogP contribution < -0.4 is 5.43 Å². The highest BCUT2D eigenvalue weighted by atomic mass is 32.2. The molecular weight excluding hydrogens is 284 g/mol. The van der Waals surface area contributed by atoms with Crippen LogP contribution in [-0.4, -0.2) is 0 Å². The average molecular weight is 296 g/mol. The number of fused-ring (bicyclic) bond motifs is 2. The Kier molecular flexibility index (Phi) is 2.76. The lowest BCUT2D eigenvalue weighted by atomic mass is 10.2. The molecule has 1 aromatic heterocycles. The average Bonchev–Trinajstić information content (AvgIpc) is 3.02. The van der Waals surface area contributed by atoms with Crippen LogP contribution in [0.3, 0.4) is 0 Å². The van der Waals surface area contributed by atoms with Gasteiger partial charge in [0.25, 0.3) is 0 Å². The fourth-order valence-electron chi connectivity index (χ4n) is 2.46. The zero-order valence-electron chi connectivity index (χ0n) is 10.6. The third-order valence-corrected chi connectivity index (χ3v) is 6.47. The van der Waals surface area contributed by atoms with Crippen LogP contribution in [0.4, 0.5) is 0 Å². The third-order valence-electron chi connectivity index (χ3n) is 3.46. The molecule has 2 heterocycles. The van der Waals surface area contributed by atoms with Crippen LogP contribution in [0.2, 0.25) is 0 Å². The summed E-state index contributed by atoms with van der Waals surface area (Å²) < 4.78 is 2.13. The fourth-order valence-corrected chi connectivity index (χ4v) is 5.05. The molecule has 3 aromatic rings. The summed E-state index contributed by atoms with van der Waals surface area (Å²) in [7, 11) is -0.364. The molecule has 1 nitrogen and oxygen atoms in total. The van der Waals surface area contributed by atoms with E-state index in [0.717, 1.165) is 20.2 Å². The molecule has 98 valence electrons. The van der Waals surface area contributed by atoms with E-state index in [0.29, 0.717) is 0 Å². The molecule has 0 aliphatic carbocycles. The number of allylic oxidation sites excluding steroid dienone is 2. The van der Waals surface area contributed by atoms with E-state index in [2.05, 4.69) is 41.2 Å². The van der Waals surface area contributed by atoms with Crippen LogP contribution in [0.5, 0.6) is 0 Å². The number of benzene rings is 2. The van der Waals surface area contributed by atoms with Gasteiger partial charge in [-0.15, -0.1) is 11.3 Å². The molecule has 20 heavy (non-hydrogen) atoms. The first-order valence-corrected chi connectivity index (χ1v) is 8.71. The molecule has 0 radical (unpaired) electrons. The number of thiol groups is 1. The Morgan fingerprint density at radius 2 is 1.60 bits per heavy atom. The summed E-state index contributed by atoms with van der Waals surface area (Å²) in [5, 5.41) is 6.10. The summed E-state index contributed by atoms with van der Waals surface area (Å²) in [4.78, 5) is 13.9. The van der Waals surface area contributed by atoms with Crippen LogP contribution in [-0.2, 0) is 0 Å². The van der Waals surface area contributed by atoms with Crippen molar-refractivity contribution in [2.24, 2.45) is 0 Å². The Hall–Kier alpha value is -1.84. The molecule has 0 saturated carbocycles. The normalized spacial score (nSPS) is 15.5. The highest BCUT2D eigenvalue weighted by molar-refractivity contribution is 8.22. The van der Waals surface area contributed by atoms with Crippen molar-refractivity contribution < 1.29 is 0 Å². The summed E-state index contributed by atoms with van der Waals surface area (Å²) >= 11 is 1.69. The van der Waals surface area contributed by atoms with Gasteiger partial charge >= 0.3 is 0 Å². The highest BCUT2D eigenvalue weighted by Gasteiger charge is 2.09. The summed E-state index contributed by atoms with van der Waals surface area (Å²) in [5.74, 6) is 0. The summed E-state index contributed by atoms with van der Waals surface area (Å²) in [6.07, 6.45) is 4.16. The maximum absolute atomic E-state index is 12.6. The first kappa shape index (κ1) is 11.9. The van der Waals surface area contributed by atoms with Crippen molar-refractivity contribution in [2.75, 3.05) is 0 Å². The lowest BCUT2D eigenvalue weighted by molar-refractivity contribution is 1.51. The molecule has 4 rings (SSSR count). The maximum Gasteiger partial charge on any atom is 0.195 e. The number of hydrogen-bond acceptors (Lipinski definition) is 2. The van der Waals surface area contributed by atoms with Gasteiger partial charge in [-0.1, -0.05) is 24.3 Å². The summed E-state index contributed by atoms with van der Waals surface area (Å²) in [6.45, 7) is 0. The predicted molar refractivity (Wildman–Crippen MR) is 91.1 cm³/mol. The standard InChI is InChI=1S/C17H12OS2/c18-17-13-5-1-2-6-15(13)19-16-8-7-12(11-14(16)17)20-9-3-4-10-20/h1-11,20H. The first-order valence-electron chi connectivity index (χ1n) is 6.42. The van der Waals surface area contributed by atoms with Gasteiger partial charge in [0.2, 0.25) is 0 Å². The molecule has 0 spiro atoms. The van der Waals surface area contributed by atoms with Gasteiger partial charge in [0.1, 0.15) is 0 Å². The van der Waals surface area contributed by atoms with Crippen molar-refractivity contribution in [1.29, 1.82) is 0 Å². The zero-order chi connectivity index (χ0) is 13.5. The van der Waals surface area contributed by atoms with E-state index in [1.165, 1.54) is 4.90 Å². The second-order valence-corrected chi connectivity index (χ2v) is 7.71. The molecule has 1 aliphatic heterocycles. The van der Waals surface area contributed by atoms with E-state index in [1.807, 2.05) is 24.3 Å². The zero-order valence-corrected chi connectivity index (χ0v) is 12.3. The molecule has 2 aromatic carbocycles. The smallest absolute Gasteiger partial charge is 0.195 e. The second kappa shape index (κ2) is 4.62. The van der Waals surface area contributed by atoms with Gasteiger partial charge in [0.05, 0.1) is 0 Å². The van der Waals surface area contributed by atoms with Crippen molar-refractivity contribution >= 4 is 42.4 Å². The molecule has 0 saturated heterocycles. The Bertz CT molecular complexity index is 923. The van der Waals surface area contributed by atoms with Crippen LogP contribution >= 0.6 is 22.2 Å². The van der Waals surface area contributed by atoms with Gasteiger partial charge in [-0.2, -0.15) is 10.9 Å². The van der Waals surface area contributed by atoms with Crippen molar-refractivity contribution in [3.05, 3.63) is 75.7 Å². The van der Waals surface area contributed by atoms with Gasteiger partial charge < -0.3 is 0 Å². The number of rotatable bonds is 1. The molecular formula is C17H12OS2. The van der Waals surface area contributed by atoms with Gasteiger partial charge in [0.15, 0.2) is 5.43 Å². The fraction of sp³-hybridized carbons (Fsp3) is 0. The Morgan fingerprint density at radius 1 is 0.850 bits per heavy atom. The lowest BCUT2D eigenvalue weighted by Gasteiger charge is -2.11. The summed E-state index contributed by atoms with van der Waals surface area (Å²) in [5.41, 5.74) is 0.151. The topological polar surface area (TPSA) is 17.1 Å². The molecule has 0 unspecified atom stereocenters. The Labute approximate surface area is 123 Å². The minimum atomic E-state index is -0.364. The lowest BCUT2D eigenvalue weighted by Crippen LogP contribution is -2.00. The molecule has 0 atom stereocenters. The van der Waals surface area contributed by atoms with Crippen molar-refractivity contribution in [2.45, 2.75) is 4.90 Å². The third kappa shape index (κ3) is 1.82. The molecule has 0 amide bonds. The van der Waals surface area contributed by atoms with E-state index in [9.17, 15) is 4.79 Å². The van der Waals surface area contributed by atoms with Gasteiger partial charge in [-0.3, -0.25) is 4.79 Å². The largest absolute Gasteiger partial charge is 0.289 e. The molecule has 0 fully saturated rings. The summed E-state index contributed by atoms with van der Waals surface area (Å²) in [6, 6.07) is 14.2. The van der Waals surface area contributed by atoms with E-state index in [-0.39, 0.29) is 16.3 Å². The second-order valence-electron chi connectivity index (χ2n) is 4.70. The quantitative estimate of drug-likeness (QED) is 0.503. The highest BCUT2D eigenvalue weighted by Crippen LogP contribution is 2.43. The van der Waals surface area contributed by atoms with E-state index >= 15 is 0 Å². The van der Waals surface area contributed by atoms with E-state index in [4.69, 9.17) is 0 Å². The molecule has 1 aliphatic rings. The van der Waals surface area contributed by atoms with Gasteiger partial charge in [0, 0.05) is 20.2 Å². The Balaban J connectivity index is 2.04. The number of hydrogen-bond donors (Lipinski definition) is 1. The van der Waals surface area contributed by atoms with Crippen LogP contribution in [0, 0.1) is 0 Å². The predicted octanol–water partition coefficient (Wildman–Crippen LogP) is 4.82. The van der Waals surface area contributed by atoms with Gasteiger partial charge in [-0.05, 0) is 46.0 Å². The molecule has 3 heteroatoms. The minimum Gasteiger partial charge on any atom is -0.289 e. The van der Waals surface area contributed by atoms with Gasteiger partial charge in [-0.25, -0.2) is 0 Å². The van der Waals surface area contributed by atoms with Crippen LogP contribution in [0.15, 0.2) is 75.1 Å². The molecule has 0 N–H and O–H groups in total. The van der Waals surface area contributed by atoms with E-state index < -0.39 is 0 Å². The SMILES string of the molecule is O=c1c2ccccc2sc2ccc([SH]3C=CC=C3)cc12. The van der Waals surface area contributed by atoms with Crippen molar-refractivity contribution in [3.8, 4) is 0 Å². The Morgan fingerprint density at radius 3 is 2.45 bits per heavy atom. The van der Waals surface area contributed by atoms with Crippen LogP contribution in [0.25, 0.3) is 20.2 Å². The minimum absolute atomic E-state index is 0.151. The maximum atomic E-state index is 12.6. The monoisotopic (exact) mass is 296 g/mol. The van der Waals surface area contributed by atoms with Crippen molar-refractivity contribution in [3.63, 3.8) is 0 Å².